The van der Waals surface area contributed by atoms with Crippen molar-refractivity contribution in [3.8, 4) is 0 Å². The van der Waals surface area contributed by atoms with Crippen LogP contribution < -0.4 is 10.6 Å². The number of anilines is 2. The minimum Gasteiger partial charge on any atom is -0.326 e. The van der Waals surface area contributed by atoms with Crippen LogP contribution in [0.5, 0.6) is 0 Å². The molecule has 24 heavy (non-hydrogen) atoms. The molecule has 1 heterocycles. The number of amides is 2. The third-order valence-corrected chi connectivity index (χ3v) is 3.57. The lowest BCUT2D eigenvalue weighted by molar-refractivity contribution is -0.123. The van der Waals surface area contributed by atoms with Crippen LogP contribution in [0, 0.1) is 0 Å². The van der Waals surface area contributed by atoms with Gasteiger partial charge in [0.15, 0.2) is 0 Å². The average molecular weight is 340 g/mol. The third-order valence-electron chi connectivity index (χ3n) is 3.34. The fourth-order valence-electron chi connectivity index (χ4n) is 2.32. The van der Waals surface area contributed by atoms with Crippen LogP contribution in [0.2, 0.25) is 5.02 Å². The van der Waals surface area contributed by atoms with E-state index in [0.29, 0.717) is 21.9 Å². The molecule has 0 saturated carbocycles. The number of halogens is 1. The molecule has 2 amide bonds. The summed E-state index contributed by atoms with van der Waals surface area (Å²) < 4.78 is 0. The molecule has 0 fully saturated rings. The number of aromatic nitrogens is 1. The Morgan fingerprint density at radius 3 is 2.54 bits per heavy atom. The van der Waals surface area contributed by atoms with Crippen LogP contribution in [-0.4, -0.2) is 16.8 Å². The second kappa shape index (κ2) is 7.10. The summed E-state index contributed by atoms with van der Waals surface area (Å²) in [5.74, 6) is -0.823. The number of hydrogen-bond acceptors (Lipinski definition) is 3. The van der Waals surface area contributed by atoms with Crippen LogP contribution in [0.15, 0.2) is 60.8 Å². The maximum absolute atomic E-state index is 12.1. The molecule has 120 valence electrons. The number of benzene rings is 2. The lowest BCUT2D eigenvalue weighted by Crippen LogP contribution is -2.21. The van der Waals surface area contributed by atoms with Gasteiger partial charge < -0.3 is 10.6 Å². The number of hydrogen-bond donors (Lipinski definition) is 2. The van der Waals surface area contributed by atoms with E-state index < -0.39 is 11.8 Å². The largest absolute Gasteiger partial charge is 0.326 e. The van der Waals surface area contributed by atoms with Gasteiger partial charge >= 0.3 is 0 Å². The zero-order chi connectivity index (χ0) is 16.9. The molecule has 0 aliphatic heterocycles. The first-order valence-corrected chi connectivity index (χ1v) is 7.68. The second-order valence-electron chi connectivity index (χ2n) is 5.16. The first kappa shape index (κ1) is 16.0. The van der Waals surface area contributed by atoms with Crippen molar-refractivity contribution >= 4 is 45.7 Å². The summed E-state index contributed by atoms with van der Waals surface area (Å²) >= 11 is 5.86. The number of pyridine rings is 1. The van der Waals surface area contributed by atoms with Crippen molar-refractivity contribution in [1.82, 2.24) is 4.98 Å². The van der Waals surface area contributed by atoms with Crippen molar-refractivity contribution in [3.63, 3.8) is 0 Å². The Morgan fingerprint density at radius 2 is 1.71 bits per heavy atom. The predicted molar refractivity (Wildman–Crippen MR) is 95.1 cm³/mol. The maximum Gasteiger partial charge on any atom is 0.233 e. The van der Waals surface area contributed by atoms with Gasteiger partial charge in [0.1, 0.15) is 6.42 Å². The van der Waals surface area contributed by atoms with Gasteiger partial charge in [-0.1, -0.05) is 35.9 Å². The molecule has 3 rings (SSSR count). The number of carbonyl (C=O) groups excluding carboxylic acids is 2. The third kappa shape index (κ3) is 3.88. The molecule has 2 aromatic carbocycles. The number of para-hydroxylation sites is 1. The number of rotatable bonds is 4. The SMILES string of the molecule is O=C(CC(=O)Nc1cccc2cccnc12)Nc1cccc(Cl)c1. The molecule has 0 unspecified atom stereocenters. The highest BCUT2D eigenvalue weighted by atomic mass is 35.5. The van der Waals surface area contributed by atoms with E-state index in [2.05, 4.69) is 15.6 Å². The van der Waals surface area contributed by atoms with E-state index in [1.54, 1.807) is 36.5 Å². The Balaban J connectivity index is 1.65. The normalized spacial score (nSPS) is 10.4. The van der Waals surface area contributed by atoms with Gasteiger partial charge in [-0.3, -0.25) is 14.6 Å². The molecule has 0 spiro atoms. The summed E-state index contributed by atoms with van der Waals surface area (Å²) in [7, 11) is 0. The Morgan fingerprint density at radius 1 is 0.958 bits per heavy atom. The van der Waals surface area contributed by atoms with Gasteiger partial charge in [-0.15, -0.1) is 0 Å². The van der Waals surface area contributed by atoms with Crippen LogP contribution in [-0.2, 0) is 9.59 Å². The highest BCUT2D eigenvalue weighted by Gasteiger charge is 2.12. The molecule has 0 aliphatic rings. The van der Waals surface area contributed by atoms with E-state index in [1.165, 1.54) is 0 Å². The lowest BCUT2D eigenvalue weighted by Gasteiger charge is -2.08. The van der Waals surface area contributed by atoms with Crippen molar-refractivity contribution in [3.05, 3.63) is 65.8 Å². The van der Waals surface area contributed by atoms with Crippen LogP contribution in [0.4, 0.5) is 11.4 Å². The Labute approximate surface area is 143 Å². The molecular formula is C18H14ClN3O2. The summed E-state index contributed by atoms with van der Waals surface area (Å²) in [6.45, 7) is 0. The Kier molecular flexibility index (Phi) is 4.72. The molecule has 5 nitrogen and oxygen atoms in total. The van der Waals surface area contributed by atoms with E-state index in [-0.39, 0.29) is 6.42 Å². The quantitative estimate of drug-likeness (QED) is 0.709. The van der Waals surface area contributed by atoms with Gasteiger partial charge in [0.05, 0.1) is 11.2 Å². The zero-order valence-corrected chi connectivity index (χ0v) is 13.4. The van der Waals surface area contributed by atoms with Gasteiger partial charge in [0.2, 0.25) is 11.8 Å². The van der Waals surface area contributed by atoms with E-state index in [4.69, 9.17) is 11.6 Å². The molecule has 1 aromatic heterocycles. The number of nitrogens with one attached hydrogen (secondary N) is 2. The Hall–Kier alpha value is -2.92. The van der Waals surface area contributed by atoms with Gasteiger partial charge in [0, 0.05) is 22.3 Å². The summed E-state index contributed by atoms with van der Waals surface area (Å²) in [5, 5.41) is 6.79. The summed E-state index contributed by atoms with van der Waals surface area (Å²) in [4.78, 5) is 28.3. The van der Waals surface area contributed by atoms with Gasteiger partial charge in [-0.2, -0.15) is 0 Å². The minimum absolute atomic E-state index is 0.296. The van der Waals surface area contributed by atoms with Crippen LogP contribution in [0.25, 0.3) is 10.9 Å². The smallest absolute Gasteiger partial charge is 0.233 e. The van der Waals surface area contributed by atoms with Crippen molar-refractivity contribution in [1.29, 1.82) is 0 Å². The lowest BCUT2D eigenvalue weighted by atomic mass is 10.2. The van der Waals surface area contributed by atoms with Crippen molar-refractivity contribution in [2.24, 2.45) is 0 Å². The Bertz CT molecular complexity index is 906. The predicted octanol–water partition coefficient (Wildman–Crippen LogP) is 3.86. The van der Waals surface area contributed by atoms with Gasteiger partial charge in [-0.05, 0) is 30.3 Å². The monoisotopic (exact) mass is 339 g/mol. The van der Waals surface area contributed by atoms with E-state index in [1.807, 2.05) is 24.3 Å². The van der Waals surface area contributed by atoms with Gasteiger partial charge in [-0.25, -0.2) is 0 Å². The molecule has 0 radical (unpaired) electrons. The van der Waals surface area contributed by atoms with E-state index >= 15 is 0 Å². The van der Waals surface area contributed by atoms with Crippen LogP contribution in [0.3, 0.4) is 0 Å². The highest BCUT2D eigenvalue weighted by molar-refractivity contribution is 6.30. The van der Waals surface area contributed by atoms with Crippen molar-refractivity contribution in [2.45, 2.75) is 6.42 Å². The van der Waals surface area contributed by atoms with E-state index in [9.17, 15) is 9.59 Å². The summed E-state index contributed by atoms with van der Waals surface area (Å²) in [5.41, 5.74) is 1.81. The molecule has 0 bridgehead atoms. The molecule has 2 N–H and O–H groups in total. The first-order valence-electron chi connectivity index (χ1n) is 7.31. The molecular weight excluding hydrogens is 326 g/mol. The highest BCUT2D eigenvalue weighted by Crippen LogP contribution is 2.21. The first-order chi connectivity index (χ1) is 11.6. The fraction of sp³-hybridized carbons (Fsp3) is 0.0556. The molecule has 6 heteroatoms. The average Bonchev–Trinajstić information content (AvgIpc) is 2.55. The topological polar surface area (TPSA) is 71.1 Å². The van der Waals surface area contributed by atoms with Gasteiger partial charge in [0.25, 0.3) is 0 Å². The zero-order valence-electron chi connectivity index (χ0n) is 12.6. The standard InChI is InChI=1S/C18H14ClN3O2/c19-13-6-2-7-14(10-13)21-16(23)11-17(24)22-15-8-1-4-12-5-3-9-20-18(12)15/h1-10H,11H2,(H,21,23)(H,22,24). The minimum atomic E-state index is -0.414. The molecule has 0 saturated heterocycles. The fourth-order valence-corrected chi connectivity index (χ4v) is 2.51. The van der Waals surface area contributed by atoms with Crippen molar-refractivity contribution in [2.75, 3.05) is 10.6 Å². The van der Waals surface area contributed by atoms with E-state index in [0.717, 1.165) is 5.39 Å². The second-order valence-corrected chi connectivity index (χ2v) is 5.60. The number of carbonyl (C=O) groups is 2. The molecule has 0 atom stereocenters. The number of nitrogens with zero attached hydrogens (tertiary/aromatic N) is 1. The van der Waals surface area contributed by atoms with Crippen LogP contribution in [0.1, 0.15) is 6.42 Å². The maximum atomic E-state index is 12.1. The summed E-state index contributed by atoms with van der Waals surface area (Å²) in [6.07, 6.45) is 1.36. The van der Waals surface area contributed by atoms with Crippen molar-refractivity contribution < 1.29 is 9.59 Å². The molecule has 3 aromatic rings. The summed E-state index contributed by atoms with van der Waals surface area (Å²) in [6, 6.07) is 16.0. The molecule has 0 aliphatic carbocycles. The number of fused-ring (bicyclic) bond motifs is 1. The van der Waals surface area contributed by atoms with Crippen LogP contribution >= 0.6 is 11.6 Å².